The number of rotatable bonds is 8. The van der Waals surface area contributed by atoms with E-state index in [1.165, 1.54) is 5.56 Å². The van der Waals surface area contributed by atoms with E-state index < -0.39 is 5.41 Å². The van der Waals surface area contributed by atoms with Crippen molar-refractivity contribution < 1.29 is 14.4 Å². The molecule has 0 atom stereocenters. The van der Waals surface area contributed by atoms with Crippen LogP contribution in [0.25, 0.3) is 0 Å². The Hall–Kier alpha value is -1.77. The molecule has 0 radical (unpaired) electrons. The second-order valence-corrected chi connectivity index (χ2v) is 6.16. The number of hydrogen-bond acceptors (Lipinski definition) is 3. The summed E-state index contributed by atoms with van der Waals surface area (Å²) in [7, 11) is 0. The first-order valence-electron chi connectivity index (χ1n) is 8.21. The van der Waals surface area contributed by atoms with Gasteiger partial charge in [0, 0.05) is 25.7 Å². The SMILES string of the molecule is CCC1(CCC(=O)CCCc2ccccc2)C(=O)CCC1=O. The Bertz CT molecular complexity index is 529. The third kappa shape index (κ3) is 3.70. The van der Waals surface area contributed by atoms with Gasteiger partial charge in [0.15, 0.2) is 0 Å². The fourth-order valence-corrected chi connectivity index (χ4v) is 3.32. The van der Waals surface area contributed by atoms with Crippen LogP contribution in [0.5, 0.6) is 0 Å². The average Bonchev–Trinajstić information content (AvgIpc) is 2.82. The van der Waals surface area contributed by atoms with Crippen molar-refractivity contribution in [3.63, 3.8) is 0 Å². The number of Topliss-reactive ketones (excluding diaryl/α,β-unsaturated/α-hetero) is 3. The summed E-state index contributed by atoms with van der Waals surface area (Å²) in [6.07, 6.45) is 4.24. The van der Waals surface area contributed by atoms with E-state index in [9.17, 15) is 14.4 Å². The van der Waals surface area contributed by atoms with Crippen LogP contribution < -0.4 is 0 Å². The Morgan fingerprint density at radius 2 is 1.68 bits per heavy atom. The van der Waals surface area contributed by atoms with Gasteiger partial charge in [0.05, 0.1) is 5.41 Å². The quantitative estimate of drug-likeness (QED) is 0.688. The summed E-state index contributed by atoms with van der Waals surface area (Å²) >= 11 is 0. The van der Waals surface area contributed by atoms with Crippen molar-refractivity contribution in [2.24, 2.45) is 5.41 Å². The summed E-state index contributed by atoms with van der Waals surface area (Å²) in [5.74, 6) is 0.241. The molecule has 1 aromatic carbocycles. The molecule has 3 nitrogen and oxygen atoms in total. The molecule has 1 fully saturated rings. The molecule has 1 aromatic rings. The van der Waals surface area contributed by atoms with E-state index in [0.717, 1.165) is 12.8 Å². The van der Waals surface area contributed by atoms with Crippen LogP contribution in [-0.2, 0) is 20.8 Å². The van der Waals surface area contributed by atoms with Crippen LogP contribution in [0.3, 0.4) is 0 Å². The number of ketones is 3. The monoisotopic (exact) mass is 300 g/mol. The Morgan fingerprint density at radius 3 is 2.27 bits per heavy atom. The number of carbonyl (C=O) groups excluding carboxylic acids is 3. The van der Waals surface area contributed by atoms with Crippen LogP contribution in [0.15, 0.2) is 30.3 Å². The number of aryl methyl sites for hydroxylation is 1. The Morgan fingerprint density at radius 1 is 1.05 bits per heavy atom. The number of benzene rings is 1. The molecule has 1 saturated carbocycles. The summed E-state index contributed by atoms with van der Waals surface area (Å²) in [5, 5.41) is 0. The molecule has 0 unspecified atom stereocenters. The fourth-order valence-electron chi connectivity index (χ4n) is 3.32. The molecule has 0 N–H and O–H groups in total. The minimum atomic E-state index is -0.852. The van der Waals surface area contributed by atoms with Crippen LogP contribution in [0.1, 0.15) is 57.4 Å². The maximum Gasteiger partial charge on any atom is 0.146 e. The highest BCUT2D eigenvalue weighted by Gasteiger charge is 2.47. The molecule has 22 heavy (non-hydrogen) atoms. The fraction of sp³-hybridized carbons (Fsp3) is 0.526. The van der Waals surface area contributed by atoms with Gasteiger partial charge in [-0.2, -0.15) is 0 Å². The molecule has 118 valence electrons. The highest BCUT2D eigenvalue weighted by Crippen LogP contribution is 2.39. The maximum absolute atomic E-state index is 12.0. The van der Waals surface area contributed by atoms with Crippen molar-refractivity contribution in [1.29, 1.82) is 0 Å². The van der Waals surface area contributed by atoms with Crippen molar-refractivity contribution >= 4 is 17.3 Å². The van der Waals surface area contributed by atoms with Gasteiger partial charge in [0.25, 0.3) is 0 Å². The van der Waals surface area contributed by atoms with E-state index in [4.69, 9.17) is 0 Å². The minimum absolute atomic E-state index is 0.0390. The van der Waals surface area contributed by atoms with E-state index in [1.807, 2.05) is 25.1 Å². The second-order valence-electron chi connectivity index (χ2n) is 6.16. The molecule has 0 spiro atoms. The van der Waals surface area contributed by atoms with Gasteiger partial charge < -0.3 is 0 Å². The predicted molar refractivity (Wildman–Crippen MR) is 85.6 cm³/mol. The first kappa shape index (κ1) is 16.6. The molecule has 0 amide bonds. The van der Waals surface area contributed by atoms with E-state index in [2.05, 4.69) is 12.1 Å². The third-order valence-electron chi connectivity index (χ3n) is 4.84. The van der Waals surface area contributed by atoms with Gasteiger partial charge >= 0.3 is 0 Å². The average molecular weight is 300 g/mol. The lowest BCUT2D eigenvalue weighted by Crippen LogP contribution is -2.32. The Kier molecular flexibility index (Phi) is 5.64. The molecule has 3 heteroatoms. The van der Waals surface area contributed by atoms with Crippen LogP contribution in [0, 0.1) is 5.41 Å². The van der Waals surface area contributed by atoms with Crippen molar-refractivity contribution in [2.75, 3.05) is 0 Å². The number of carbonyl (C=O) groups is 3. The van der Waals surface area contributed by atoms with Crippen LogP contribution in [-0.4, -0.2) is 17.3 Å². The smallest absolute Gasteiger partial charge is 0.146 e. The second kappa shape index (κ2) is 7.48. The van der Waals surface area contributed by atoms with Gasteiger partial charge in [-0.1, -0.05) is 37.3 Å². The molecule has 0 heterocycles. The van der Waals surface area contributed by atoms with E-state index in [0.29, 0.717) is 38.5 Å². The summed E-state index contributed by atoms with van der Waals surface area (Å²) < 4.78 is 0. The maximum atomic E-state index is 12.0. The van der Waals surface area contributed by atoms with E-state index in [1.54, 1.807) is 0 Å². The Balaban J connectivity index is 1.77. The summed E-state index contributed by atoms with van der Waals surface area (Å²) in [4.78, 5) is 36.1. The molecule has 0 aliphatic heterocycles. The van der Waals surface area contributed by atoms with Gasteiger partial charge in [0.1, 0.15) is 17.3 Å². The Labute approximate surface area is 132 Å². The number of hydrogen-bond donors (Lipinski definition) is 0. The van der Waals surface area contributed by atoms with E-state index >= 15 is 0 Å². The van der Waals surface area contributed by atoms with Crippen LogP contribution in [0.4, 0.5) is 0 Å². The van der Waals surface area contributed by atoms with Gasteiger partial charge in [-0.25, -0.2) is 0 Å². The molecular weight excluding hydrogens is 276 g/mol. The summed E-state index contributed by atoms with van der Waals surface area (Å²) in [5.41, 5.74) is 0.385. The lowest BCUT2D eigenvalue weighted by atomic mass is 9.77. The molecular formula is C19H24O3. The van der Waals surface area contributed by atoms with Crippen molar-refractivity contribution in [3.8, 4) is 0 Å². The minimum Gasteiger partial charge on any atom is -0.300 e. The highest BCUT2D eigenvalue weighted by molar-refractivity contribution is 6.13. The van der Waals surface area contributed by atoms with Gasteiger partial charge in [-0.15, -0.1) is 0 Å². The van der Waals surface area contributed by atoms with Gasteiger partial charge in [-0.3, -0.25) is 14.4 Å². The van der Waals surface area contributed by atoms with Crippen molar-refractivity contribution in [1.82, 2.24) is 0 Å². The lowest BCUT2D eigenvalue weighted by Gasteiger charge is -2.23. The first-order chi connectivity index (χ1) is 10.6. The normalized spacial score (nSPS) is 17.0. The van der Waals surface area contributed by atoms with E-state index in [-0.39, 0.29) is 17.3 Å². The third-order valence-corrected chi connectivity index (χ3v) is 4.84. The zero-order valence-corrected chi connectivity index (χ0v) is 13.3. The largest absolute Gasteiger partial charge is 0.300 e. The summed E-state index contributed by atoms with van der Waals surface area (Å²) in [6.45, 7) is 1.88. The first-order valence-corrected chi connectivity index (χ1v) is 8.21. The molecule has 1 aliphatic rings. The summed E-state index contributed by atoms with van der Waals surface area (Å²) in [6, 6.07) is 10.1. The predicted octanol–water partition coefficient (Wildman–Crippen LogP) is 3.69. The van der Waals surface area contributed by atoms with Crippen molar-refractivity contribution in [2.45, 2.75) is 58.3 Å². The molecule has 0 bridgehead atoms. The zero-order valence-electron chi connectivity index (χ0n) is 13.3. The lowest BCUT2D eigenvalue weighted by molar-refractivity contribution is -0.136. The highest BCUT2D eigenvalue weighted by atomic mass is 16.2. The zero-order chi connectivity index (χ0) is 16.0. The molecule has 1 aliphatic carbocycles. The molecule has 0 aromatic heterocycles. The van der Waals surface area contributed by atoms with Crippen LogP contribution >= 0.6 is 0 Å². The van der Waals surface area contributed by atoms with Gasteiger partial charge in [0.2, 0.25) is 0 Å². The van der Waals surface area contributed by atoms with Gasteiger partial charge in [-0.05, 0) is 31.2 Å². The molecule has 2 rings (SSSR count). The van der Waals surface area contributed by atoms with Crippen molar-refractivity contribution in [3.05, 3.63) is 35.9 Å². The van der Waals surface area contributed by atoms with Crippen LogP contribution in [0.2, 0.25) is 0 Å². The topological polar surface area (TPSA) is 51.2 Å². The molecule has 0 saturated heterocycles. The standard InChI is InChI=1S/C19H24O3/c1-2-19(17(21)11-12-18(19)22)14-13-16(20)10-6-9-15-7-4-3-5-8-15/h3-5,7-8H,2,6,9-14H2,1H3.